The topological polar surface area (TPSA) is 17.1 Å². The van der Waals surface area contributed by atoms with Crippen molar-refractivity contribution in [1.29, 1.82) is 0 Å². The van der Waals surface area contributed by atoms with Crippen LogP contribution in [0.25, 0.3) is 0 Å². The van der Waals surface area contributed by atoms with Crippen LogP contribution in [0.5, 0.6) is 0 Å². The highest BCUT2D eigenvalue weighted by atomic mass is 32.2. The van der Waals surface area contributed by atoms with E-state index in [4.69, 9.17) is 0 Å². The van der Waals surface area contributed by atoms with Gasteiger partial charge in [-0.15, -0.1) is 0 Å². The second kappa shape index (κ2) is 5.84. The largest absolute Gasteiger partial charge is 0.299 e. The number of thioether (sulfide) groups is 1. The molecule has 2 atom stereocenters. The minimum absolute atomic E-state index is 0.0657. The fourth-order valence-electron chi connectivity index (χ4n) is 3.32. The number of Topliss-reactive ketones (excluding diaryl/α,β-unsaturated/α-hetero) is 1. The van der Waals surface area contributed by atoms with Gasteiger partial charge in [0.15, 0.2) is 0 Å². The molecule has 0 radical (unpaired) electrons. The van der Waals surface area contributed by atoms with Gasteiger partial charge in [0.2, 0.25) is 0 Å². The van der Waals surface area contributed by atoms with Gasteiger partial charge >= 0.3 is 0 Å². The summed E-state index contributed by atoms with van der Waals surface area (Å²) in [6, 6.07) is 3.46. The van der Waals surface area contributed by atoms with Crippen molar-refractivity contribution in [3.8, 4) is 0 Å². The standard InChI is InChI=1S/C16H18F2OS/c17-12-5-4-10(15(18)9-12)8-16(19)11-6-13-2-1-3-14(7-11)20-13/h4-5,9,11,13-14H,1-3,6-8H2. The van der Waals surface area contributed by atoms with Crippen LogP contribution in [-0.4, -0.2) is 16.3 Å². The van der Waals surface area contributed by atoms with Gasteiger partial charge in [0.25, 0.3) is 0 Å². The van der Waals surface area contributed by atoms with Gasteiger partial charge in [-0.25, -0.2) is 8.78 Å². The van der Waals surface area contributed by atoms with E-state index in [1.807, 2.05) is 11.8 Å². The van der Waals surface area contributed by atoms with Crippen molar-refractivity contribution >= 4 is 17.5 Å². The highest BCUT2D eigenvalue weighted by Gasteiger charge is 2.35. The van der Waals surface area contributed by atoms with E-state index in [0.29, 0.717) is 16.1 Å². The number of rotatable bonds is 3. The van der Waals surface area contributed by atoms with E-state index in [0.717, 1.165) is 18.9 Å². The summed E-state index contributed by atoms with van der Waals surface area (Å²) in [5, 5.41) is 1.21. The van der Waals surface area contributed by atoms with Crippen molar-refractivity contribution in [2.45, 2.75) is 49.0 Å². The van der Waals surface area contributed by atoms with Crippen LogP contribution >= 0.6 is 11.8 Å². The Kier molecular flexibility index (Phi) is 4.11. The van der Waals surface area contributed by atoms with Gasteiger partial charge in [0.05, 0.1) is 0 Å². The molecule has 108 valence electrons. The summed E-state index contributed by atoms with van der Waals surface area (Å²) >= 11 is 2.03. The molecule has 20 heavy (non-hydrogen) atoms. The summed E-state index contributed by atoms with van der Waals surface area (Å²) in [7, 11) is 0. The fourth-order valence-corrected chi connectivity index (χ4v) is 5.16. The zero-order chi connectivity index (χ0) is 14.1. The lowest BCUT2D eigenvalue weighted by atomic mass is 9.85. The van der Waals surface area contributed by atoms with E-state index in [2.05, 4.69) is 0 Å². The summed E-state index contributed by atoms with van der Waals surface area (Å²) in [6.07, 6.45) is 5.65. The van der Waals surface area contributed by atoms with Crippen LogP contribution in [0.1, 0.15) is 37.7 Å². The highest BCUT2D eigenvalue weighted by molar-refractivity contribution is 8.00. The number of carbonyl (C=O) groups is 1. The molecule has 0 N–H and O–H groups in total. The minimum Gasteiger partial charge on any atom is -0.299 e. The maximum Gasteiger partial charge on any atom is 0.140 e. The van der Waals surface area contributed by atoms with Crippen molar-refractivity contribution in [1.82, 2.24) is 0 Å². The van der Waals surface area contributed by atoms with E-state index in [-0.39, 0.29) is 18.1 Å². The molecule has 0 saturated carbocycles. The van der Waals surface area contributed by atoms with Gasteiger partial charge in [0.1, 0.15) is 17.4 Å². The van der Waals surface area contributed by atoms with Crippen LogP contribution in [0.2, 0.25) is 0 Å². The van der Waals surface area contributed by atoms with Crippen LogP contribution in [0, 0.1) is 17.6 Å². The summed E-state index contributed by atoms with van der Waals surface area (Å²) < 4.78 is 26.5. The van der Waals surface area contributed by atoms with Gasteiger partial charge in [-0.2, -0.15) is 11.8 Å². The van der Waals surface area contributed by atoms with Crippen molar-refractivity contribution in [3.63, 3.8) is 0 Å². The molecule has 2 aliphatic rings. The van der Waals surface area contributed by atoms with Gasteiger partial charge in [0, 0.05) is 28.9 Å². The number of benzene rings is 1. The first-order valence-corrected chi connectivity index (χ1v) is 8.18. The van der Waals surface area contributed by atoms with Crippen molar-refractivity contribution in [2.75, 3.05) is 0 Å². The first kappa shape index (κ1) is 14.1. The molecule has 1 aromatic rings. The van der Waals surface area contributed by atoms with Crippen LogP contribution in [-0.2, 0) is 11.2 Å². The molecule has 4 heteroatoms. The van der Waals surface area contributed by atoms with Gasteiger partial charge < -0.3 is 0 Å². The summed E-state index contributed by atoms with van der Waals surface area (Å²) in [5.74, 6) is -1.02. The van der Waals surface area contributed by atoms with E-state index in [1.165, 1.54) is 31.4 Å². The molecule has 2 aliphatic heterocycles. The first-order chi connectivity index (χ1) is 9.61. The lowest BCUT2D eigenvalue weighted by Crippen LogP contribution is -2.33. The average molecular weight is 296 g/mol. The van der Waals surface area contributed by atoms with E-state index < -0.39 is 11.6 Å². The number of hydrogen-bond donors (Lipinski definition) is 0. The predicted molar refractivity (Wildman–Crippen MR) is 76.8 cm³/mol. The predicted octanol–water partition coefficient (Wildman–Crippen LogP) is 4.14. The highest BCUT2D eigenvalue weighted by Crippen LogP contribution is 2.44. The molecule has 0 aromatic heterocycles. The third kappa shape index (κ3) is 3.05. The van der Waals surface area contributed by atoms with Gasteiger partial charge in [-0.3, -0.25) is 4.79 Å². The average Bonchev–Trinajstić information content (AvgIpc) is 2.41. The van der Waals surface area contributed by atoms with Crippen molar-refractivity contribution in [3.05, 3.63) is 35.4 Å². The molecule has 2 unspecified atom stereocenters. The number of ketones is 1. The normalized spacial score (nSPS) is 29.2. The van der Waals surface area contributed by atoms with Crippen molar-refractivity contribution in [2.24, 2.45) is 5.92 Å². The lowest BCUT2D eigenvalue weighted by molar-refractivity contribution is -0.122. The molecule has 3 rings (SSSR count). The Morgan fingerprint density at radius 1 is 1.20 bits per heavy atom. The molecule has 2 bridgehead atoms. The second-order valence-electron chi connectivity index (χ2n) is 5.86. The SMILES string of the molecule is O=C(Cc1ccc(F)cc1F)C1CC2CCCC(C1)S2. The number of carbonyl (C=O) groups excluding carboxylic acids is 1. The molecule has 2 heterocycles. The Labute approximate surface area is 122 Å². The molecule has 2 fully saturated rings. The summed E-state index contributed by atoms with van der Waals surface area (Å²) in [6.45, 7) is 0. The van der Waals surface area contributed by atoms with Crippen LogP contribution in [0.15, 0.2) is 18.2 Å². The molecule has 2 saturated heterocycles. The molecular weight excluding hydrogens is 278 g/mol. The third-order valence-electron chi connectivity index (χ3n) is 4.37. The molecule has 0 amide bonds. The molecule has 0 spiro atoms. The maximum atomic E-state index is 13.6. The number of halogens is 2. The van der Waals surface area contributed by atoms with Gasteiger partial charge in [-0.1, -0.05) is 12.5 Å². The molecular formula is C16H18F2OS. The lowest BCUT2D eigenvalue weighted by Gasteiger charge is -2.38. The summed E-state index contributed by atoms with van der Waals surface area (Å²) in [5.41, 5.74) is 0.319. The number of hydrogen-bond acceptors (Lipinski definition) is 2. The van der Waals surface area contributed by atoms with Crippen molar-refractivity contribution < 1.29 is 13.6 Å². The first-order valence-electron chi connectivity index (χ1n) is 7.24. The van der Waals surface area contributed by atoms with Crippen LogP contribution in [0.4, 0.5) is 8.78 Å². The maximum absolute atomic E-state index is 13.6. The Hall–Kier alpha value is -0.900. The Morgan fingerprint density at radius 3 is 2.55 bits per heavy atom. The fraction of sp³-hybridized carbons (Fsp3) is 0.562. The third-order valence-corrected chi connectivity index (χ3v) is 5.99. The Bertz CT molecular complexity index is 505. The second-order valence-corrected chi connectivity index (χ2v) is 7.46. The van der Waals surface area contributed by atoms with E-state index >= 15 is 0 Å². The minimum atomic E-state index is -0.608. The zero-order valence-corrected chi connectivity index (χ0v) is 12.1. The quantitative estimate of drug-likeness (QED) is 0.834. The molecule has 0 aliphatic carbocycles. The molecule has 1 aromatic carbocycles. The van der Waals surface area contributed by atoms with Gasteiger partial charge in [-0.05, 0) is 37.3 Å². The van der Waals surface area contributed by atoms with E-state index in [1.54, 1.807) is 0 Å². The van der Waals surface area contributed by atoms with Crippen LogP contribution < -0.4 is 0 Å². The van der Waals surface area contributed by atoms with Crippen LogP contribution in [0.3, 0.4) is 0 Å². The molecule has 1 nitrogen and oxygen atoms in total. The Morgan fingerprint density at radius 2 is 1.90 bits per heavy atom. The smallest absolute Gasteiger partial charge is 0.140 e. The summed E-state index contributed by atoms with van der Waals surface area (Å²) in [4.78, 5) is 12.4. The van der Waals surface area contributed by atoms with E-state index in [9.17, 15) is 13.6 Å². The zero-order valence-electron chi connectivity index (χ0n) is 11.3. The monoisotopic (exact) mass is 296 g/mol. The Balaban J connectivity index is 1.67. The number of fused-ring (bicyclic) bond motifs is 2.